The number of rotatable bonds is 5. The van der Waals surface area contributed by atoms with Gasteiger partial charge in [-0.3, -0.25) is 9.52 Å². The Balaban J connectivity index is 2.24. The monoisotopic (exact) mass is 417 g/mol. The van der Waals surface area contributed by atoms with Gasteiger partial charge in [0.1, 0.15) is 0 Å². The first-order valence-electron chi connectivity index (χ1n) is 5.96. The number of nitrogens with one attached hydrogen (secondary N) is 1. The molecule has 0 radical (unpaired) electrons. The fourth-order valence-electron chi connectivity index (χ4n) is 1.71. The smallest absolute Gasteiger partial charge is 0.307 e. The van der Waals surface area contributed by atoms with Crippen molar-refractivity contribution in [2.24, 2.45) is 0 Å². The highest BCUT2D eigenvalue weighted by Crippen LogP contribution is 2.21. The molecular weight excluding hydrogens is 405 g/mol. The second-order valence-electron chi connectivity index (χ2n) is 4.30. The minimum atomic E-state index is -3.68. The maximum absolute atomic E-state index is 12.3. The average Bonchev–Trinajstić information content (AvgIpc) is 2.41. The summed E-state index contributed by atoms with van der Waals surface area (Å²) in [6.45, 7) is 0. The van der Waals surface area contributed by atoms with Crippen LogP contribution in [-0.4, -0.2) is 19.5 Å². The SMILES string of the molecule is O=C(O)Cc1ccc(S(=O)(=O)Nc2ccccc2I)cc1. The molecule has 0 amide bonds. The number of hydrogen-bond acceptors (Lipinski definition) is 3. The molecule has 0 aliphatic rings. The van der Waals surface area contributed by atoms with Crippen molar-refractivity contribution in [2.75, 3.05) is 4.72 Å². The highest BCUT2D eigenvalue weighted by Gasteiger charge is 2.15. The van der Waals surface area contributed by atoms with Gasteiger partial charge in [0, 0.05) is 3.57 Å². The van der Waals surface area contributed by atoms with Crippen LogP contribution in [0.3, 0.4) is 0 Å². The van der Waals surface area contributed by atoms with E-state index in [9.17, 15) is 13.2 Å². The minimum Gasteiger partial charge on any atom is -0.481 e. The van der Waals surface area contributed by atoms with Gasteiger partial charge >= 0.3 is 5.97 Å². The van der Waals surface area contributed by atoms with Gasteiger partial charge in [0.05, 0.1) is 17.0 Å². The molecule has 0 bridgehead atoms. The molecule has 0 heterocycles. The van der Waals surface area contributed by atoms with E-state index in [2.05, 4.69) is 4.72 Å². The Labute approximate surface area is 136 Å². The molecule has 2 N–H and O–H groups in total. The topological polar surface area (TPSA) is 83.5 Å². The van der Waals surface area contributed by atoms with Crippen molar-refractivity contribution in [1.82, 2.24) is 0 Å². The third kappa shape index (κ3) is 4.18. The van der Waals surface area contributed by atoms with Gasteiger partial charge in [-0.25, -0.2) is 8.42 Å². The molecule has 0 aromatic heterocycles. The van der Waals surface area contributed by atoms with Crippen LogP contribution in [-0.2, 0) is 21.2 Å². The first-order chi connectivity index (χ1) is 9.88. The number of halogens is 1. The fraction of sp³-hybridized carbons (Fsp3) is 0.0714. The van der Waals surface area contributed by atoms with Crippen molar-refractivity contribution in [1.29, 1.82) is 0 Å². The third-order valence-corrected chi connectivity index (χ3v) is 5.03. The van der Waals surface area contributed by atoms with Crippen LogP contribution >= 0.6 is 22.6 Å². The summed E-state index contributed by atoms with van der Waals surface area (Å²) in [5, 5.41) is 8.69. The van der Waals surface area contributed by atoms with Crippen LogP contribution in [0.5, 0.6) is 0 Å². The standard InChI is InChI=1S/C14H12INO4S/c15-12-3-1-2-4-13(12)16-21(19,20)11-7-5-10(6-8-11)9-14(17)18/h1-8,16H,9H2,(H,17,18). The first kappa shape index (κ1) is 15.8. The molecule has 2 rings (SSSR count). The van der Waals surface area contributed by atoms with E-state index in [4.69, 9.17) is 5.11 Å². The lowest BCUT2D eigenvalue weighted by Gasteiger charge is -2.10. The largest absolute Gasteiger partial charge is 0.481 e. The fourth-order valence-corrected chi connectivity index (χ4v) is 3.49. The Morgan fingerprint density at radius 1 is 1.10 bits per heavy atom. The van der Waals surface area contributed by atoms with Crippen molar-refractivity contribution >= 4 is 44.3 Å². The Morgan fingerprint density at radius 2 is 1.71 bits per heavy atom. The Hall–Kier alpha value is -1.61. The number of para-hydroxylation sites is 1. The molecular formula is C14H12INO4S. The summed E-state index contributed by atoms with van der Waals surface area (Å²) in [5.41, 5.74) is 1.06. The van der Waals surface area contributed by atoms with Crippen molar-refractivity contribution in [3.63, 3.8) is 0 Å². The van der Waals surface area contributed by atoms with Gasteiger partial charge in [0.2, 0.25) is 0 Å². The Kier molecular flexibility index (Phi) is 4.84. The van der Waals surface area contributed by atoms with Crippen molar-refractivity contribution < 1.29 is 18.3 Å². The van der Waals surface area contributed by atoms with E-state index < -0.39 is 16.0 Å². The van der Waals surface area contributed by atoms with E-state index in [-0.39, 0.29) is 11.3 Å². The van der Waals surface area contributed by atoms with E-state index in [1.54, 1.807) is 18.2 Å². The summed E-state index contributed by atoms with van der Waals surface area (Å²) in [6, 6.07) is 12.8. The first-order valence-corrected chi connectivity index (χ1v) is 8.53. The molecule has 0 saturated carbocycles. The second kappa shape index (κ2) is 6.44. The van der Waals surface area contributed by atoms with Gasteiger partial charge in [-0.2, -0.15) is 0 Å². The molecule has 0 spiro atoms. The van der Waals surface area contributed by atoms with Gasteiger partial charge in [-0.1, -0.05) is 24.3 Å². The number of carboxylic acids is 1. The van der Waals surface area contributed by atoms with E-state index >= 15 is 0 Å². The number of benzene rings is 2. The molecule has 21 heavy (non-hydrogen) atoms. The summed E-state index contributed by atoms with van der Waals surface area (Å²) >= 11 is 2.05. The number of carbonyl (C=O) groups is 1. The quantitative estimate of drug-likeness (QED) is 0.733. The number of anilines is 1. The van der Waals surface area contributed by atoms with E-state index in [1.807, 2.05) is 28.7 Å². The van der Waals surface area contributed by atoms with Crippen LogP contribution in [0, 0.1) is 3.57 Å². The van der Waals surface area contributed by atoms with Crippen LogP contribution in [0.1, 0.15) is 5.56 Å². The van der Waals surface area contributed by atoms with Gasteiger partial charge < -0.3 is 5.11 Å². The molecule has 0 saturated heterocycles. The molecule has 0 fully saturated rings. The van der Waals surface area contributed by atoms with Gasteiger partial charge in [0.15, 0.2) is 0 Å². The van der Waals surface area contributed by atoms with E-state index in [0.717, 1.165) is 3.57 Å². The molecule has 0 atom stereocenters. The number of carboxylic acid groups (broad SMARTS) is 1. The van der Waals surface area contributed by atoms with Gasteiger partial charge in [-0.05, 0) is 52.4 Å². The van der Waals surface area contributed by atoms with Crippen LogP contribution in [0.4, 0.5) is 5.69 Å². The lowest BCUT2D eigenvalue weighted by molar-refractivity contribution is -0.136. The Morgan fingerprint density at radius 3 is 2.29 bits per heavy atom. The van der Waals surface area contributed by atoms with Crippen molar-refractivity contribution in [2.45, 2.75) is 11.3 Å². The van der Waals surface area contributed by atoms with E-state index in [0.29, 0.717) is 11.3 Å². The minimum absolute atomic E-state index is 0.0938. The molecule has 2 aromatic carbocycles. The summed E-state index contributed by atoms with van der Waals surface area (Å²) in [6.07, 6.45) is -0.135. The zero-order valence-electron chi connectivity index (χ0n) is 10.8. The molecule has 0 aliphatic heterocycles. The highest BCUT2D eigenvalue weighted by atomic mass is 127. The third-order valence-electron chi connectivity index (χ3n) is 2.71. The van der Waals surface area contributed by atoms with Crippen molar-refractivity contribution in [3.8, 4) is 0 Å². The second-order valence-corrected chi connectivity index (χ2v) is 7.14. The normalized spacial score (nSPS) is 11.1. The summed E-state index contributed by atoms with van der Waals surface area (Å²) in [5.74, 6) is -0.956. The summed E-state index contributed by atoms with van der Waals surface area (Å²) in [4.78, 5) is 10.7. The zero-order chi connectivity index (χ0) is 15.5. The lowest BCUT2D eigenvalue weighted by Crippen LogP contribution is -2.13. The molecule has 5 nitrogen and oxygen atoms in total. The predicted molar refractivity (Wildman–Crippen MR) is 87.7 cm³/mol. The van der Waals surface area contributed by atoms with Crippen LogP contribution in [0.25, 0.3) is 0 Å². The number of hydrogen-bond donors (Lipinski definition) is 2. The average molecular weight is 417 g/mol. The highest BCUT2D eigenvalue weighted by molar-refractivity contribution is 14.1. The van der Waals surface area contributed by atoms with Crippen LogP contribution in [0.2, 0.25) is 0 Å². The molecule has 0 aliphatic carbocycles. The lowest BCUT2D eigenvalue weighted by atomic mass is 10.2. The number of sulfonamides is 1. The molecule has 110 valence electrons. The number of aliphatic carboxylic acids is 1. The molecule has 0 unspecified atom stereocenters. The van der Waals surface area contributed by atoms with Crippen LogP contribution < -0.4 is 4.72 Å². The Bertz CT molecular complexity index is 757. The summed E-state index contributed by atoms with van der Waals surface area (Å²) < 4.78 is 27.8. The van der Waals surface area contributed by atoms with Crippen molar-refractivity contribution in [3.05, 3.63) is 57.7 Å². The summed E-state index contributed by atoms with van der Waals surface area (Å²) in [7, 11) is -3.68. The van der Waals surface area contributed by atoms with Crippen LogP contribution in [0.15, 0.2) is 53.4 Å². The van der Waals surface area contributed by atoms with Gasteiger partial charge in [0.25, 0.3) is 10.0 Å². The molecule has 2 aromatic rings. The van der Waals surface area contributed by atoms with Gasteiger partial charge in [-0.15, -0.1) is 0 Å². The maximum Gasteiger partial charge on any atom is 0.307 e. The molecule has 7 heteroatoms. The predicted octanol–water partition coefficient (Wildman–Crippen LogP) is 2.72. The zero-order valence-corrected chi connectivity index (χ0v) is 13.8. The maximum atomic E-state index is 12.3. The van der Waals surface area contributed by atoms with E-state index in [1.165, 1.54) is 24.3 Å².